The molecule has 9 heteroatoms. The van der Waals surface area contributed by atoms with Gasteiger partial charge in [0.1, 0.15) is 6.20 Å². The van der Waals surface area contributed by atoms with Crippen LogP contribution < -0.4 is 33.8 Å². The van der Waals surface area contributed by atoms with E-state index in [0.29, 0.717) is 18.2 Å². The van der Waals surface area contributed by atoms with E-state index in [4.69, 9.17) is 29.1 Å². The molecule has 0 radical (unpaired) electrons. The number of nitrogens with two attached hydrogens (primary N) is 1. The molecule has 0 amide bonds. The summed E-state index contributed by atoms with van der Waals surface area (Å²) in [5.41, 5.74) is 7.42. The van der Waals surface area contributed by atoms with Crippen LogP contribution in [0, 0.1) is 10.2 Å². The average Bonchev–Trinajstić information content (AvgIpc) is 2.60. The molecule has 0 saturated carbocycles. The summed E-state index contributed by atoms with van der Waals surface area (Å²) >= 11 is 0. The van der Waals surface area contributed by atoms with Crippen LogP contribution in [0.25, 0.3) is 5.69 Å². The van der Waals surface area contributed by atoms with Gasteiger partial charge in [-0.15, -0.1) is 10.2 Å². The number of ether oxygens (including phenoxy) is 1. The van der Waals surface area contributed by atoms with E-state index in [2.05, 4.69) is 12.0 Å². The monoisotopic (exact) mass is 399 g/mol. The Labute approximate surface area is 161 Å². The summed E-state index contributed by atoms with van der Waals surface area (Å²) in [6.07, 6.45) is 9.13. The van der Waals surface area contributed by atoms with Crippen LogP contribution in [0.15, 0.2) is 42.6 Å². The third kappa shape index (κ3) is 11.4. The molecule has 0 spiro atoms. The van der Waals surface area contributed by atoms with Crippen molar-refractivity contribution in [2.24, 2.45) is 0 Å². The van der Waals surface area contributed by atoms with Crippen LogP contribution in [0.5, 0.6) is 5.88 Å². The summed E-state index contributed by atoms with van der Waals surface area (Å²) in [6.45, 7) is 2.93. The van der Waals surface area contributed by atoms with Gasteiger partial charge < -0.3 is 10.5 Å². The fraction of sp³-hybridized carbons (Fsp3) is 0.444. The molecule has 2 N–H and O–H groups in total. The molecule has 0 atom stereocenters. The SMILES string of the molecule is CCCCCCCCOc1cc(N)cn[n+]1-c1ccccc1.[O-][Cl+3]([O-])([O-])[O-]. The van der Waals surface area contributed by atoms with E-state index >= 15 is 0 Å². The van der Waals surface area contributed by atoms with Crippen molar-refractivity contribution < 1.29 is 38.3 Å². The standard InChI is InChI=1S/C18H25N3O.ClHO4/c1-2-3-4-5-6-10-13-22-18-14-16(19)15-20-21(18)17-11-8-7-9-12-17;2-1(3,4)5/h7-9,11-12,14-15,19H,2-6,10,13H2,1H3;(H,2,3,4,5). The van der Waals surface area contributed by atoms with Gasteiger partial charge in [0.15, 0.2) is 0 Å². The van der Waals surface area contributed by atoms with Gasteiger partial charge in [0.05, 0.1) is 18.4 Å². The fourth-order valence-electron chi connectivity index (χ4n) is 2.35. The van der Waals surface area contributed by atoms with Crippen molar-refractivity contribution in [2.45, 2.75) is 45.4 Å². The number of nitrogens with zero attached hydrogens (tertiary/aromatic N) is 2. The second kappa shape index (κ2) is 12.4. The summed E-state index contributed by atoms with van der Waals surface area (Å²) in [5, 5.41) is 4.35. The molecule has 0 saturated heterocycles. The van der Waals surface area contributed by atoms with Crippen molar-refractivity contribution in [1.82, 2.24) is 5.10 Å². The summed E-state index contributed by atoms with van der Waals surface area (Å²) in [7, 11) is -4.94. The lowest BCUT2D eigenvalue weighted by Crippen LogP contribution is -2.68. The third-order valence-corrected chi connectivity index (χ3v) is 3.57. The molecule has 2 aromatic rings. The number of anilines is 1. The van der Waals surface area contributed by atoms with Gasteiger partial charge in [-0.2, -0.15) is 0 Å². The normalized spacial score (nSPS) is 10.9. The fourth-order valence-corrected chi connectivity index (χ4v) is 2.35. The van der Waals surface area contributed by atoms with Crippen LogP contribution in [0.2, 0.25) is 0 Å². The highest BCUT2D eigenvalue weighted by molar-refractivity contribution is 5.36. The zero-order chi connectivity index (χ0) is 20.1. The molecule has 1 heterocycles. The molecule has 0 bridgehead atoms. The Balaban J connectivity index is 0.000000646. The van der Waals surface area contributed by atoms with Crippen molar-refractivity contribution in [1.29, 1.82) is 0 Å². The lowest BCUT2D eigenvalue weighted by Gasteiger charge is -2.17. The largest absolute Gasteiger partial charge is 0.442 e. The Bertz CT molecular complexity index is 647. The predicted octanol–water partition coefficient (Wildman–Crippen LogP) is -1.08. The minimum Gasteiger partial charge on any atom is -0.442 e. The summed E-state index contributed by atoms with van der Waals surface area (Å²) in [4.78, 5) is 0. The second-order valence-electron chi connectivity index (χ2n) is 5.87. The number of hydrogen-bond donors (Lipinski definition) is 1. The number of hydrogen-bond acceptors (Lipinski definition) is 7. The van der Waals surface area contributed by atoms with E-state index in [1.807, 2.05) is 36.4 Å². The van der Waals surface area contributed by atoms with E-state index in [-0.39, 0.29) is 0 Å². The van der Waals surface area contributed by atoms with Crippen LogP contribution in [-0.4, -0.2) is 11.7 Å². The molecule has 8 nitrogen and oxygen atoms in total. The quantitative estimate of drug-likeness (QED) is 0.417. The predicted molar refractivity (Wildman–Crippen MR) is 89.1 cm³/mol. The molecular weight excluding hydrogens is 374 g/mol. The zero-order valence-electron chi connectivity index (χ0n) is 15.4. The van der Waals surface area contributed by atoms with Crippen molar-refractivity contribution in [3.63, 3.8) is 0 Å². The number of nitrogen functional groups attached to an aromatic ring is 1. The molecule has 0 fully saturated rings. The van der Waals surface area contributed by atoms with Crippen molar-refractivity contribution in [2.75, 3.05) is 12.3 Å². The minimum absolute atomic E-state index is 0.616. The highest BCUT2D eigenvalue weighted by atomic mass is 35.7. The number of para-hydroxylation sites is 1. The summed E-state index contributed by atoms with van der Waals surface area (Å²) in [6, 6.07) is 11.8. The van der Waals surface area contributed by atoms with Gasteiger partial charge in [-0.25, -0.2) is 18.6 Å². The Morgan fingerprint density at radius 2 is 1.59 bits per heavy atom. The van der Waals surface area contributed by atoms with E-state index < -0.39 is 10.2 Å². The van der Waals surface area contributed by atoms with Crippen molar-refractivity contribution >= 4 is 5.69 Å². The summed E-state index contributed by atoms with van der Waals surface area (Å²) < 4.78 is 41.7. The maximum atomic E-state index is 8.49. The van der Waals surface area contributed by atoms with Crippen LogP contribution in [0.3, 0.4) is 0 Å². The number of unbranched alkanes of at least 4 members (excludes halogenated alkanes) is 5. The van der Waals surface area contributed by atoms with Gasteiger partial charge in [-0.3, -0.25) is 0 Å². The Morgan fingerprint density at radius 3 is 2.22 bits per heavy atom. The Kier molecular flexibility index (Phi) is 10.6. The van der Waals surface area contributed by atoms with E-state index in [9.17, 15) is 0 Å². The van der Waals surface area contributed by atoms with Gasteiger partial charge in [-0.1, -0.05) is 57.2 Å². The number of halogens is 1. The zero-order valence-corrected chi connectivity index (χ0v) is 16.1. The topological polar surface area (TPSA) is 144 Å². The molecule has 2 rings (SSSR count). The molecule has 0 aliphatic heterocycles. The van der Waals surface area contributed by atoms with E-state index in [0.717, 1.165) is 12.1 Å². The minimum atomic E-state index is -4.94. The number of benzene rings is 1. The Morgan fingerprint density at radius 1 is 1.00 bits per heavy atom. The van der Waals surface area contributed by atoms with E-state index in [1.54, 1.807) is 10.9 Å². The lowest BCUT2D eigenvalue weighted by atomic mass is 10.1. The summed E-state index contributed by atoms with van der Waals surface area (Å²) in [5.74, 6) is 0.694. The highest BCUT2D eigenvalue weighted by Gasteiger charge is 2.17. The first-order chi connectivity index (χ1) is 12.8. The molecule has 1 aromatic heterocycles. The average molecular weight is 400 g/mol. The van der Waals surface area contributed by atoms with Gasteiger partial charge >= 0.3 is 5.88 Å². The van der Waals surface area contributed by atoms with Gasteiger partial charge in [0, 0.05) is 17.2 Å². The second-order valence-corrected chi connectivity index (χ2v) is 6.62. The molecule has 150 valence electrons. The smallest absolute Gasteiger partial charge is 0.401 e. The molecule has 0 aliphatic rings. The first-order valence-corrected chi connectivity index (χ1v) is 10.0. The van der Waals surface area contributed by atoms with E-state index in [1.165, 1.54) is 32.1 Å². The van der Waals surface area contributed by atoms with Gasteiger partial charge in [0.25, 0.3) is 0 Å². The van der Waals surface area contributed by atoms with Crippen LogP contribution in [-0.2, 0) is 0 Å². The number of aromatic nitrogens is 2. The molecule has 0 aliphatic carbocycles. The molecule has 27 heavy (non-hydrogen) atoms. The van der Waals surface area contributed by atoms with Crippen LogP contribution >= 0.6 is 0 Å². The first-order valence-electron chi connectivity index (χ1n) is 8.79. The van der Waals surface area contributed by atoms with Gasteiger partial charge in [0.2, 0.25) is 5.69 Å². The van der Waals surface area contributed by atoms with Crippen molar-refractivity contribution in [3.05, 3.63) is 42.6 Å². The van der Waals surface area contributed by atoms with Crippen molar-refractivity contribution in [3.8, 4) is 11.6 Å². The maximum Gasteiger partial charge on any atom is 0.401 e. The Hall–Kier alpha value is -1.97. The molecular formula is C18H26ClN3O5. The van der Waals surface area contributed by atoms with Gasteiger partial charge in [-0.05, 0) is 11.1 Å². The third-order valence-electron chi connectivity index (χ3n) is 3.57. The van der Waals surface area contributed by atoms with Crippen LogP contribution in [0.1, 0.15) is 45.4 Å². The highest BCUT2D eigenvalue weighted by Crippen LogP contribution is 2.12. The lowest BCUT2D eigenvalue weighted by molar-refractivity contribution is -2.00. The molecule has 1 aromatic carbocycles. The van der Waals surface area contributed by atoms with Crippen LogP contribution in [0.4, 0.5) is 5.69 Å². The first kappa shape index (κ1) is 23.1. The molecule has 0 unspecified atom stereocenters. The maximum absolute atomic E-state index is 8.49. The number of rotatable bonds is 9.